The van der Waals surface area contributed by atoms with Crippen molar-refractivity contribution >= 4 is 24.0 Å². The summed E-state index contributed by atoms with van der Waals surface area (Å²) in [6.07, 6.45) is 0. The van der Waals surface area contributed by atoms with Crippen LogP contribution in [0, 0.1) is 0 Å². The van der Waals surface area contributed by atoms with Crippen LogP contribution in [0.3, 0.4) is 0 Å². The minimum atomic E-state index is -0.322. The van der Waals surface area contributed by atoms with Gasteiger partial charge in [0, 0.05) is 18.3 Å². The van der Waals surface area contributed by atoms with E-state index in [2.05, 4.69) is 10.6 Å². The number of nitrogens with one attached hydrogen (secondary N) is 2. The van der Waals surface area contributed by atoms with Gasteiger partial charge in [-0.2, -0.15) is 0 Å². The molecule has 2 aromatic carbocycles. The van der Waals surface area contributed by atoms with Crippen LogP contribution in [0.25, 0.3) is 0 Å². The molecule has 1 atom stereocenters. The lowest BCUT2D eigenvalue weighted by Gasteiger charge is -2.23. The smallest absolute Gasteiger partial charge is 0.243 e. The van der Waals surface area contributed by atoms with Crippen LogP contribution < -0.4 is 24.8 Å². The maximum Gasteiger partial charge on any atom is 0.243 e. The molecule has 1 fully saturated rings. The summed E-state index contributed by atoms with van der Waals surface area (Å²) in [5.41, 5.74) is 1.68. The van der Waals surface area contributed by atoms with Gasteiger partial charge in [-0.25, -0.2) is 0 Å². The van der Waals surface area contributed by atoms with Gasteiger partial charge in [-0.3, -0.25) is 4.79 Å². The third-order valence-electron chi connectivity index (χ3n) is 4.18. The van der Waals surface area contributed by atoms with Gasteiger partial charge in [0.05, 0.1) is 13.2 Å². The molecule has 144 valence electrons. The van der Waals surface area contributed by atoms with Crippen molar-refractivity contribution in [2.24, 2.45) is 0 Å². The van der Waals surface area contributed by atoms with Crippen molar-refractivity contribution in [1.82, 2.24) is 5.32 Å². The minimum Gasteiger partial charge on any atom is -0.489 e. The number of fused-ring (bicyclic) bond motifs is 1. The maximum absolute atomic E-state index is 12.3. The van der Waals surface area contributed by atoms with E-state index in [1.54, 1.807) is 0 Å². The van der Waals surface area contributed by atoms with E-state index < -0.39 is 0 Å². The van der Waals surface area contributed by atoms with Gasteiger partial charge in [0.25, 0.3) is 0 Å². The number of morpholine rings is 1. The standard InChI is InChI=1S/C19H20N2O5.ClH/c22-19(16-11-23-7-6-20-16)21-14-3-1-2-13(8-14)10-24-15-4-5-17-18(9-15)26-12-25-17;/h1-5,8-9,16,20H,6-7,10-12H2,(H,21,22);1H. The van der Waals surface area contributed by atoms with Crippen molar-refractivity contribution in [3.05, 3.63) is 48.0 Å². The topological polar surface area (TPSA) is 78.1 Å². The Morgan fingerprint density at radius 2 is 2.07 bits per heavy atom. The number of anilines is 1. The van der Waals surface area contributed by atoms with E-state index in [0.29, 0.717) is 37.9 Å². The summed E-state index contributed by atoms with van der Waals surface area (Å²) in [7, 11) is 0. The van der Waals surface area contributed by atoms with E-state index >= 15 is 0 Å². The van der Waals surface area contributed by atoms with Crippen molar-refractivity contribution in [2.75, 3.05) is 31.9 Å². The molecule has 0 radical (unpaired) electrons. The summed E-state index contributed by atoms with van der Waals surface area (Å²) < 4.78 is 21.8. The molecule has 1 saturated heterocycles. The van der Waals surface area contributed by atoms with E-state index in [4.69, 9.17) is 18.9 Å². The molecule has 0 spiro atoms. The molecule has 27 heavy (non-hydrogen) atoms. The molecule has 0 aliphatic carbocycles. The molecule has 2 aliphatic rings. The molecule has 1 amide bonds. The van der Waals surface area contributed by atoms with Crippen LogP contribution >= 0.6 is 12.4 Å². The number of amides is 1. The van der Waals surface area contributed by atoms with Crippen LogP contribution in [-0.4, -0.2) is 38.5 Å². The Labute approximate surface area is 163 Å². The van der Waals surface area contributed by atoms with Gasteiger partial charge in [-0.05, 0) is 29.8 Å². The summed E-state index contributed by atoms with van der Waals surface area (Å²) in [6.45, 7) is 2.33. The number of ether oxygens (including phenoxy) is 4. The second-order valence-corrected chi connectivity index (χ2v) is 6.07. The Bertz CT molecular complexity index is 795. The number of halogens is 1. The molecule has 7 nitrogen and oxygen atoms in total. The van der Waals surface area contributed by atoms with Gasteiger partial charge >= 0.3 is 0 Å². The van der Waals surface area contributed by atoms with Gasteiger partial charge < -0.3 is 29.6 Å². The Hall–Kier alpha value is -2.48. The second-order valence-electron chi connectivity index (χ2n) is 6.07. The normalized spacial score (nSPS) is 17.7. The van der Waals surface area contributed by atoms with E-state index in [-0.39, 0.29) is 31.1 Å². The van der Waals surface area contributed by atoms with Crippen LogP contribution in [0.1, 0.15) is 5.56 Å². The fourth-order valence-electron chi connectivity index (χ4n) is 2.84. The monoisotopic (exact) mass is 392 g/mol. The molecule has 1 unspecified atom stereocenters. The van der Waals surface area contributed by atoms with Gasteiger partial charge in [0.2, 0.25) is 12.7 Å². The van der Waals surface area contributed by atoms with Crippen LogP contribution in [-0.2, 0) is 16.1 Å². The molecular formula is C19H21ClN2O5. The number of carbonyl (C=O) groups is 1. The van der Waals surface area contributed by atoms with E-state index in [9.17, 15) is 4.79 Å². The predicted octanol–water partition coefficient (Wildman–Crippen LogP) is 2.34. The quantitative estimate of drug-likeness (QED) is 0.813. The molecule has 0 bridgehead atoms. The molecule has 4 rings (SSSR count). The fourth-order valence-corrected chi connectivity index (χ4v) is 2.84. The third-order valence-corrected chi connectivity index (χ3v) is 4.18. The van der Waals surface area contributed by atoms with Gasteiger partial charge in [0.1, 0.15) is 18.4 Å². The van der Waals surface area contributed by atoms with E-state index in [1.165, 1.54) is 0 Å². The van der Waals surface area contributed by atoms with Gasteiger partial charge in [0.15, 0.2) is 11.5 Å². The van der Waals surface area contributed by atoms with Crippen molar-refractivity contribution < 1.29 is 23.7 Å². The summed E-state index contributed by atoms with van der Waals surface area (Å²) >= 11 is 0. The predicted molar refractivity (Wildman–Crippen MR) is 102 cm³/mol. The molecule has 2 N–H and O–H groups in total. The number of rotatable bonds is 5. The van der Waals surface area contributed by atoms with Crippen molar-refractivity contribution in [3.63, 3.8) is 0 Å². The highest BCUT2D eigenvalue weighted by molar-refractivity contribution is 5.95. The Morgan fingerprint density at radius 3 is 2.93 bits per heavy atom. The van der Waals surface area contributed by atoms with Crippen molar-refractivity contribution in [2.45, 2.75) is 12.6 Å². The Kier molecular flexibility index (Phi) is 6.39. The largest absolute Gasteiger partial charge is 0.489 e. The second kappa shape index (κ2) is 8.94. The zero-order valence-electron chi connectivity index (χ0n) is 14.6. The van der Waals surface area contributed by atoms with Crippen LogP contribution in [0.15, 0.2) is 42.5 Å². The van der Waals surface area contributed by atoms with Crippen LogP contribution in [0.4, 0.5) is 5.69 Å². The summed E-state index contributed by atoms with van der Waals surface area (Å²) in [5, 5.41) is 6.05. The van der Waals surface area contributed by atoms with Gasteiger partial charge in [-0.15, -0.1) is 12.4 Å². The van der Waals surface area contributed by atoms with Crippen molar-refractivity contribution in [3.8, 4) is 17.2 Å². The zero-order chi connectivity index (χ0) is 17.8. The minimum absolute atomic E-state index is 0. The lowest BCUT2D eigenvalue weighted by atomic mass is 10.2. The first-order valence-electron chi connectivity index (χ1n) is 8.51. The molecule has 2 heterocycles. The molecule has 2 aliphatic heterocycles. The lowest BCUT2D eigenvalue weighted by molar-refractivity contribution is -0.120. The number of hydrogen-bond donors (Lipinski definition) is 2. The summed E-state index contributed by atoms with van der Waals surface area (Å²) in [5.74, 6) is 2.01. The molecule has 0 saturated carbocycles. The average Bonchev–Trinajstić information content (AvgIpc) is 3.15. The average molecular weight is 393 g/mol. The van der Waals surface area contributed by atoms with Crippen molar-refractivity contribution in [1.29, 1.82) is 0 Å². The maximum atomic E-state index is 12.3. The molecule has 0 aromatic heterocycles. The third kappa shape index (κ3) is 4.82. The lowest BCUT2D eigenvalue weighted by Crippen LogP contribution is -2.48. The summed E-state index contributed by atoms with van der Waals surface area (Å²) in [4.78, 5) is 12.3. The number of benzene rings is 2. The molecule has 8 heteroatoms. The highest BCUT2D eigenvalue weighted by Crippen LogP contribution is 2.35. The summed E-state index contributed by atoms with van der Waals surface area (Å²) in [6, 6.07) is 12.7. The zero-order valence-corrected chi connectivity index (χ0v) is 15.4. The SMILES string of the molecule is Cl.O=C(Nc1cccc(COc2ccc3c(c2)OCO3)c1)C1COCCN1. The Balaban J connectivity index is 0.00000210. The van der Waals surface area contributed by atoms with E-state index in [1.807, 2.05) is 42.5 Å². The first-order chi connectivity index (χ1) is 12.8. The first kappa shape index (κ1) is 19.3. The fraction of sp³-hybridized carbons (Fsp3) is 0.316. The van der Waals surface area contributed by atoms with E-state index in [0.717, 1.165) is 17.0 Å². The van der Waals surface area contributed by atoms with Crippen LogP contribution in [0.2, 0.25) is 0 Å². The van der Waals surface area contributed by atoms with Crippen LogP contribution in [0.5, 0.6) is 17.2 Å². The van der Waals surface area contributed by atoms with Gasteiger partial charge in [-0.1, -0.05) is 12.1 Å². The number of carbonyl (C=O) groups excluding carboxylic acids is 1. The first-order valence-corrected chi connectivity index (χ1v) is 8.51. The number of hydrogen-bond acceptors (Lipinski definition) is 6. The molecular weight excluding hydrogens is 372 g/mol. The highest BCUT2D eigenvalue weighted by Gasteiger charge is 2.21. The Morgan fingerprint density at radius 1 is 1.19 bits per heavy atom. The highest BCUT2D eigenvalue weighted by atomic mass is 35.5. The molecule has 2 aromatic rings.